The minimum absolute atomic E-state index is 0.0604. The number of amides is 2. The van der Waals surface area contributed by atoms with Crippen molar-refractivity contribution in [2.75, 3.05) is 11.4 Å². The SMILES string of the molecule is C[C@@H](NC(=O)c1ccc(Cl)cc1F)c1ccc2c(c1)CCN2C(=O)OCc1ccccc1. The number of rotatable bonds is 5. The maximum absolute atomic E-state index is 14.0. The standard InChI is InChI=1S/C25H22ClFN2O3/c1-16(28-24(30)21-9-8-20(26)14-22(21)27)18-7-10-23-19(13-18)11-12-29(23)25(31)32-15-17-5-3-2-4-6-17/h2-10,13-14,16H,11-12,15H2,1H3,(H,28,30)/t16-/m1/s1. The highest BCUT2D eigenvalue weighted by Crippen LogP contribution is 2.31. The summed E-state index contributed by atoms with van der Waals surface area (Å²) in [5.74, 6) is -1.18. The van der Waals surface area contributed by atoms with Gasteiger partial charge in [0.05, 0.1) is 17.3 Å². The van der Waals surface area contributed by atoms with Crippen LogP contribution >= 0.6 is 11.6 Å². The number of benzene rings is 3. The topological polar surface area (TPSA) is 58.6 Å². The molecule has 1 atom stereocenters. The van der Waals surface area contributed by atoms with Crippen molar-refractivity contribution in [3.8, 4) is 0 Å². The van der Waals surface area contributed by atoms with Gasteiger partial charge in [0.1, 0.15) is 12.4 Å². The molecule has 5 nitrogen and oxygen atoms in total. The number of fused-ring (bicyclic) bond motifs is 1. The largest absolute Gasteiger partial charge is 0.444 e. The van der Waals surface area contributed by atoms with E-state index in [1.165, 1.54) is 12.1 Å². The smallest absolute Gasteiger partial charge is 0.414 e. The van der Waals surface area contributed by atoms with Crippen molar-refractivity contribution in [3.05, 3.63) is 99.8 Å². The molecule has 0 bridgehead atoms. The fraction of sp³-hybridized carbons (Fsp3) is 0.200. The summed E-state index contributed by atoms with van der Waals surface area (Å²) in [5.41, 5.74) is 3.53. The zero-order valence-electron chi connectivity index (χ0n) is 17.5. The van der Waals surface area contributed by atoms with E-state index in [-0.39, 0.29) is 29.3 Å². The van der Waals surface area contributed by atoms with Crippen molar-refractivity contribution in [2.24, 2.45) is 0 Å². The number of nitrogens with one attached hydrogen (secondary N) is 1. The molecule has 0 radical (unpaired) electrons. The van der Waals surface area contributed by atoms with Gasteiger partial charge in [-0.25, -0.2) is 9.18 Å². The minimum Gasteiger partial charge on any atom is -0.444 e. The van der Waals surface area contributed by atoms with E-state index in [4.69, 9.17) is 16.3 Å². The maximum Gasteiger partial charge on any atom is 0.414 e. The molecule has 0 aliphatic carbocycles. The van der Waals surface area contributed by atoms with Crippen molar-refractivity contribution in [1.82, 2.24) is 5.32 Å². The number of carbonyl (C=O) groups is 2. The van der Waals surface area contributed by atoms with Gasteiger partial charge in [0.2, 0.25) is 0 Å². The molecule has 1 aliphatic rings. The molecule has 3 aromatic carbocycles. The maximum atomic E-state index is 14.0. The Balaban J connectivity index is 1.41. The summed E-state index contributed by atoms with van der Waals surface area (Å²) in [6.45, 7) is 2.57. The summed E-state index contributed by atoms with van der Waals surface area (Å²) in [5, 5.41) is 3.04. The Kier molecular flexibility index (Phi) is 6.42. The van der Waals surface area contributed by atoms with Gasteiger partial charge in [0.15, 0.2) is 0 Å². The molecule has 7 heteroatoms. The summed E-state index contributed by atoms with van der Waals surface area (Å²) in [4.78, 5) is 26.6. The zero-order valence-corrected chi connectivity index (χ0v) is 18.2. The number of hydrogen-bond acceptors (Lipinski definition) is 3. The summed E-state index contributed by atoms with van der Waals surface area (Å²) in [7, 11) is 0. The van der Waals surface area contributed by atoms with Gasteiger partial charge in [-0.3, -0.25) is 9.69 Å². The number of halogens is 2. The molecule has 1 N–H and O–H groups in total. The van der Waals surface area contributed by atoms with Crippen LogP contribution in [0.1, 0.15) is 40.0 Å². The minimum atomic E-state index is -0.666. The molecular formula is C25H22ClFN2O3. The first kappa shape index (κ1) is 21.8. The number of hydrogen-bond donors (Lipinski definition) is 1. The average Bonchev–Trinajstić information content (AvgIpc) is 3.21. The van der Waals surface area contributed by atoms with Crippen LogP contribution in [0.3, 0.4) is 0 Å². The lowest BCUT2D eigenvalue weighted by Gasteiger charge is -2.19. The van der Waals surface area contributed by atoms with Crippen molar-refractivity contribution in [3.63, 3.8) is 0 Å². The second kappa shape index (κ2) is 9.40. The monoisotopic (exact) mass is 452 g/mol. The summed E-state index contributed by atoms with van der Waals surface area (Å²) in [6.07, 6.45) is 0.302. The zero-order chi connectivity index (χ0) is 22.7. The molecule has 0 fully saturated rings. The molecule has 0 unspecified atom stereocenters. The summed E-state index contributed by atoms with van der Waals surface area (Å²) in [6, 6.07) is 18.8. The van der Waals surface area contributed by atoms with Crippen LogP contribution < -0.4 is 10.2 Å². The second-order valence-electron chi connectivity index (χ2n) is 7.65. The van der Waals surface area contributed by atoms with Gasteiger partial charge >= 0.3 is 6.09 Å². The predicted molar refractivity (Wildman–Crippen MR) is 121 cm³/mol. The van der Waals surface area contributed by atoms with Gasteiger partial charge in [0.25, 0.3) is 5.91 Å². The van der Waals surface area contributed by atoms with Crippen LogP contribution in [-0.4, -0.2) is 18.5 Å². The van der Waals surface area contributed by atoms with E-state index in [0.717, 1.165) is 28.4 Å². The highest BCUT2D eigenvalue weighted by atomic mass is 35.5. The summed E-state index contributed by atoms with van der Waals surface area (Å²) < 4.78 is 19.5. The van der Waals surface area contributed by atoms with Crippen molar-refractivity contribution >= 4 is 29.3 Å². The Morgan fingerprint density at radius 3 is 2.66 bits per heavy atom. The third kappa shape index (κ3) is 4.75. The molecule has 32 heavy (non-hydrogen) atoms. The Hall–Kier alpha value is -3.38. The molecule has 0 aromatic heterocycles. The van der Waals surface area contributed by atoms with Gasteiger partial charge < -0.3 is 10.1 Å². The van der Waals surface area contributed by atoms with E-state index >= 15 is 0 Å². The van der Waals surface area contributed by atoms with Gasteiger partial charge in [-0.1, -0.05) is 54.1 Å². The Labute approximate surface area is 190 Å². The third-order valence-corrected chi connectivity index (χ3v) is 5.68. The van der Waals surface area contributed by atoms with Gasteiger partial charge in [0, 0.05) is 11.6 Å². The highest BCUT2D eigenvalue weighted by molar-refractivity contribution is 6.30. The lowest BCUT2D eigenvalue weighted by atomic mass is 10.0. The van der Waals surface area contributed by atoms with Crippen LogP contribution in [0.25, 0.3) is 0 Å². The molecule has 0 saturated heterocycles. The highest BCUT2D eigenvalue weighted by Gasteiger charge is 2.27. The van der Waals surface area contributed by atoms with Gasteiger partial charge in [-0.2, -0.15) is 0 Å². The van der Waals surface area contributed by atoms with E-state index < -0.39 is 11.7 Å². The van der Waals surface area contributed by atoms with Crippen LogP contribution in [0.15, 0.2) is 66.7 Å². The fourth-order valence-corrected chi connectivity index (χ4v) is 3.87. The lowest BCUT2D eigenvalue weighted by molar-refractivity contribution is 0.0935. The molecule has 1 heterocycles. The Bertz CT molecular complexity index is 1150. The van der Waals surface area contributed by atoms with Crippen LogP contribution in [0.5, 0.6) is 0 Å². The van der Waals surface area contributed by atoms with E-state index in [1.54, 1.807) is 4.90 Å². The quantitative estimate of drug-likeness (QED) is 0.542. The molecule has 2 amide bonds. The summed E-state index contributed by atoms with van der Waals surface area (Å²) >= 11 is 5.75. The lowest BCUT2D eigenvalue weighted by Crippen LogP contribution is -2.29. The van der Waals surface area contributed by atoms with Crippen molar-refractivity contribution in [2.45, 2.75) is 26.0 Å². The number of anilines is 1. The van der Waals surface area contributed by atoms with Gasteiger partial charge in [-0.05, 0) is 54.3 Å². The van der Waals surface area contributed by atoms with E-state index in [0.29, 0.717) is 13.0 Å². The third-order valence-electron chi connectivity index (χ3n) is 5.45. The second-order valence-corrected chi connectivity index (χ2v) is 8.09. The molecule has 1 aliphatic heterocycles. The number of nitrogens with zero attached hydrogens (tertiary/aromatic N) is 1. The van der Waals surface area contributed by atoms with Crippen molar-refractivity contribution < 1.29 is 18.7 Å². The predicted octanol–water partition coefficient (Wildman–Crippen LogP) is 5.67. The first-order valence-corrected chi connectivity index (χ1v) is 10.7. The first-order valence-electron chi connectivity index (χ1n) is 10.3. The fourth-order valence-electron chi connectivity index (χ4n) is 3.71. The number of ether oxygens (including phenoxy) is 1. The van der Waals surface area contributed by atoms with Crippen molar-refractivity contribution in [1.29, 1.82) is 0 Å². The van der Waals surface area contributed by atoms with Crippen LogP contribution in [-0.2, 0) is 17.8 Å². The van der Waals surface area contributed by atoms with Crippen LogP contribution in [0.2, 0.25) is 5.02 Å². The normalized spacial score (nSPS) is 13.4. The molecular weight excluding hydrogens is 431 g/mol. The van der Waals surface area contributed by atoms with E-state index in [9.17, 15) is 14.0 Å². The Morgan fingerprint density at radius 1 is 1.12 bits per heavy atom. The molecule has 0 spiro atoms. The average molecular weight is 453 g/mol. The Morgan fingerprint density at radius 2 is 1.91 bits per heavy atom. The number of carbonyl (C=O) groups excluding carboxylic acids is 2. The molecule has 164 valence electrons. The van der Waals surface area contributed by atoms with Gasteiger partial charge in [-0.15, -0.1) is 0 Å². The van der Waals surface area contributed by atoms with Crippen LogP contribution in [0, 0.1) is 5.82 Å². The molecule has 3 aromatic rings. The molecule has 4 rings (SSSR count). The van der Waals surface area contributed by atoms with E-state index in [1.807, 2.05) is 55.5 Å². The van der Waals surface area contributed by atoms with E-state index in [2.05, 4.69) is 5.32 Å². The first-order chi connectivity index (χ1) is 15.4. The molecule has 0 saturated carbocycles. The van der Waals surface area contributed by atoms with Crippen LogP contribution in [0.4, 0.5) is 14.9 Å².